The van der Waals surface area contributed by atoms with E-state index in [4.69, 9.17) is 21.0 Å². The van der Waals surface area contributed by atoms with E-state index < -0.39 is 0 Å². The van der Waals surface area contributed by atoms with E-state index in [0.29, 0.717) is 35.5 Å². The zero-order valence-corrected chi connectivity index (χ0v) is 17.6. The molecule has 0 spiro atoms. The summed E-state index contributed by atoms with van der Waals surface area (Å²) in [6, 6.07) is 10.6. The molecule has 1 aromatic carbocycles. The van der Waals surface area contributed by atoms with Crippen molar-refractivity contribution < 1.29 is 0 Å². The fourth-order valence-corrected chi connectivity index (χ4v) is 4.73. The number of rotatable bonds is 5. The van der Waals surface area contributed by atoms with E-state index >= 15 is 0 Å². The van der Waals surface area contributed by atoms with Gasteiger partial charge in [-0.05, 0) is 62.8 Å². The van der Waals surface area contributed by atoms with Crippen LogP contribution in [0.4, 0.5) is 17.5 Å². The second-order valence-electron chi connectivity index (χ2n) is 8.73. The molecule has 0 atom stereocenters. The Morgan fingerprint density at radius 2 is 1.74 bits per heavy atom. The molecule has 4 N–H and O–H groups in total. The van der Waals surface area contributed by atoms with Gasteiger partial charge in [0, 0.05) is 23.8 Å². The van der Waals surface area contributed by atoms with Gasteiger partial charge >= 0.3 is 0 Å². The Kier molecular flexibility index (Phi) is 5.43. The van der Waals surface area contributed by atoms with Gasteiger partial charge in [0.05, 0.1) is 18.0 Å². The summed E-state index contributed by atoms with van der Waals surface area (Å²) in [5, 5.41) is 16.0. The van der Waals surface area contributed by atoms with Crippen LogP contribution in [0.5, 0.6) is 0 Å². The van der Waals surface area contributed by atoms with Crippen LogP contribution in [0.25, 0.3) is 11.2 Å². The quantitative estimate of drug-likeness (QED) is 0.569. The second kappa shape index (κ2) is 8.52. The van der Waals surface area contributed by atoms with E-state index in [1.54, 1.807) is 12.1 Å². The molecule has 0 radical (unpaired) electrons. The Morgan fingerprint density at radius 1 is 1.00 bits per heavy atom. The first-order valence-corrected chi connectivity index (χ1v) is 11.2. The second-order valence-corrected chi connectivity index (χ2v) is 8.73. The molecule has 0 bridgehead atoms. The number of hydrogen-bond acceptors (Lipinski definition) is 7. The van der Waals surface area contributed by atoms with Crippen LogP contribution in [-0.4, -0.2) is 31.6 Å². The van der Waals surface area contributed by atoms with Crippen molar-refractivity contribution in [1.82, 2.24) is 19.5 Å². The van der Waals surface area contributed by atoms with Crippen molar-refractivity contribution in [3.63, 3.8) is 0 Å². The third kappa shape index (κ3) is 4.19. The lowest BCUT2D eigenvalue weighted by atomic mass is 9.92. The van der Waals surface area contributed by atoms with Gasteiger partial charge in [0.25, 0.3) is 0 Å². The normalized spacial score (nSPS) is 21.8. The molecule has 0 aliphatic heterocycles. The van der Waals surface area contributed by atoms with E-state index in [2.05, 4.69) is 26.3 Å². The number of aromatic nitrogens is 4. The van der Waals surface area contributed by atoms with E-state index in [-0.39, 0.29) is 0 Å². The topological polar surface area (TPSA) is 117 Å². The van der Waals surface area contributed by atoms with Crippen LogP contribution in [-0.2, 0) is 0 Å². The molecule has 0 saturated heterocycles. The molecule has 5 rings (SSSR count). The zero-order chi connectivity index (χ0) is 21.2. The molecule has 31 heavy (non-hydrogen) atoms. The van der Waals surface area contributed by atoms with Crippen LogP contribution < -0.4 is 16.4 Å². The van der Waals surface area contributed by atoms with Gasteiger partial charge in [-0.3, -0.25) is 0 Å². The maximum Gasteiger partial charge on any atom is 0.227 e. The van der Waals surface area contributed by atoms with E-state index in [9.17, 15) is 0 Å². The SMILES string of the molecule is N#Cc1ccc(Nc2nc(N[C@H]3CC[C@H](N)CC3)nc3c2ncn3C2CCCC2)cc1. The number of hydrogen-bond donors (Lipinski definition) is 3. The lowest BCUT2D eigenvalue weighted by molar-refractivity contribution is 0.410. The average molecular weight is 417 g/mol. The van der Waals surface area contributed by atoms with Crippen molar-refractivity contribution in [2.75, 3.05) is 10.6 Å². The Hall–Kier alpha value is -3.18. The summed E-state index contributed by atoms with van der Waals surface area (Å²) < 4.78 is 2.22. The maximum absolute atomic E-state index is 9.05. The van der Waals surface area contributed by atoms with Gasteiger partial charge in [-0.25, -0.2) is 4.98 Å². The molecule has 0 amide bonds. The minimum absolute atomic E-state index is 0.304. The molecule has 0 unspecified atom stereocenters. The molecular weight excluding hydrogens is 388 g/mol. The Bertz CT molecular complexity index is 1080. The molecule has 8 nitrogen and oxygen atoms in total. The molecule has 2 aliphatic carbocycles. The molecule has 3 aromatic rings. The molecule has 8 heteroatoms. The fourth-order valence-electron chi connectivity index (χ4n) is 4.73. The number of nitriles is 1. The van der Waals surface area contributed by atoms with Crippen LogP contribution in [0.15, 0.2) is 30.6 Å². The monoisotopic (exact) mass is 416 g/mol. The molecule has 2 aliphatic rings. The van der Waals surface area contributed by atoms with Crippen molar-refractivity contribution >= 4 is 28.6 Å². The third-order valence-corrected chi connectivity index (χ3v) is 6.52. The van der Waals surface area contributed by atoms with Crippen LogP contribution in [0.1, 0.15) is 63.0 Å². The van der Waals surface area contributed by atoms with Crippen LogP contribution >= 0.6 is 0 Å². The number of fused-ring (bicyclic) bond motifs is 1. The van der Waals surface area contributed by atoms with Gasteiger partial charge in [-0.2, -0.15) is 15.2 Å². The van der Waals surface area contributed by atoms with E-state index in [1.165, 1.54) is 12.8 Å². The van der Waals surface area contributed by atoms with Crippen LogP contribution in [0, 0.1) is 11.3 Å². The van der Waals surface area contributed by atoms with Gasteiger partial charge in [-0.15, -0.1) is 0 Å². The zero-order valence-electron chi connectivity index (χ0n) is 17.6. The first-order valence-electron chi connectivity index (χ1n) is 11.2. The average Bonchev–Trinajstić information content (AvgIpc) is 3.46. The molecule has 2 aromatic heterocycles. The first-order chi connectivity index (χ1) is 15.2. The summed E-state index contributed by atoms with van der Waals surface area (Å²) in [7, 11) is 0. The number of nitrogens with two attached hydrogens (primary N) is 1. The highest BCUT2D eigenvalue weighted by molar-refractivity contribution is 5.86. The van der Waals surface area contributed by atoms with E-state index in [1.807, 2.05) is 18.5 Å². The number of nitrogens with zero attached hydrogens (tertiary/aromatic N) is 5. The minimum atomic E-state index is 0.304. The van der Waals surface area contributed by atoms with Gasteiger partial charge < -0.3 is 20.9 Å². The summed E-state index contributed by atoms with van der Waals surface area (Å²) in [5.74, 6) is 1.31. The lowest BCUT2D eigenvalue weighted by Gasteiger charge is -2.27. The number of nitrogens with one attached hydrogen (secondary N) is 2. The van der Waals surface area contributed by atoms with Crippen molar-refractivity contribution in [2.45, 2.75) is 69.5 Å². The first kappa shape index (κ1) is 19.8. The molecule has 2 heterocycles. The number of imidazole rings is 1. The largest absolute Gasteiger partial charge is 0.351 e. The van der Waals surface area contributed by atoms with Crippen molar-refractivity contribution in [1.29, 1.82) is 5.26 Å². The lowest BCUT2D eigenvalue weighted by Crippen LogP contribution is -2.33. The predicted octanol–water partition coefficient (Wildman–Crippen LogP) is 4.24. The van der Waals surface area contributed by atoms with Crippen molar-refractivity contribution in [3.05, 3.63) is 36.2 Å². The molecule has 160 valence electrons. The summed E-state index contributed by atoms with van der Waals surface area (Å²) in [5.41, 5.74) is 9.20. The van der Waals surface area contributed by atoms with E-state index in [0.717, 1.165) is 55.4 Å². The fraction of sp³-hybridized carbons (Fsp3) is 0.478. The predicted molar refractivity (Wildman–Crippen MR) is 121 cm³/mol. The highest BCUT2D eigenvalue weighted by Gasteiger charge is 2.24. The summed E-state index contributed by atoms with van der Waals surface area (Å²) in [4.78, 5) is 14.3. The Labute approximate surface area is 181 Å². The Morgan fingerprint density at radius 3 is 2.45 bits per heavy atom. The van der Waals surface area contributed by atoms with Gasteiger partial charge in [0.1, 0.15) is 0 Å². The number of anilines is 3. The van der Waals surface area contributed by atoms with Gasteiger partial charge in [0.15, 0.2) is 17.0 Å². The Balaban J connectivity index is 1.49. The van der Waals surface area contributed by atoms with Crippen LogP contribution in [0.2, 0.25) is 0 Å². The van der Waals surface area contributed by atoms with Gasteiger partial charge in [0.2, 0.25) is 5.95 Å². The summed E-state index contributed by atoms with van der Waals surface area (Å²) in [6.45, 7) is 0. The smallest absolute Gasteiger partial charge is 0.227 e. The molecular formula is C23H28N8. The van der Waals surface area contributed by atoms with Gasteiger partial charge in [-0.1, -0.05) is 12.8 Å². The minimum Gasteiger partial charge on any atom is -0.351 e. The summed E-state index contributed by atoms with van der Waals surface area (Å²) >= 11 is 0. The van der Waals surface area contributed by atoms with Crippen molar-refractivity contribution in [2.24, 2.45) is 5.73 Å². The molecule has 2 saturated carbocycles. The third-order valence-electron chi connectivity index (χ3n) is 6.52. The maximum atomic E-state index is 9.05. The number of benzene rings is 1. The standard InChI is InChI=1S/C23H28N8/c24-13-15-5-9-17(10-6-15)27-21-20-22(31(14-26-20)19-3-1-2-4-19)30-23(29-21)28-18-11-7-16(25)8-12-18/h5-6,9-10,14,16,18-19H,1-4,7-8,11-12,25H2,(H2,27,28,29,30)/t16-,18-. The summed E-state index contributed by atoms with van der Waals surface area (Å²) in [6.07, 6.45) is 10.8. The van der Waals surface area contributed by atoms with Crippen LogP contribution in [0.3, 0.4) is 0 Å². The van der Waals surface area contributed by atoms with Crippen molar-refractivity contribution in [3.8, 4) is 6.07 Å². The highest BCUT2D eigenvalue weighted by Crippen LogP contribution is 2.34. The highest BCUT2D eigenvalue weighted by atomic mass is 15.2. The molecule has 2 fully saturated rings.